The van der Waals surface area contributed by atoms with Crippen LogP contribution in [0.3, 0.4) is 0 Å². The van der Waals surface area contributed by atoms with Crippen LogP contribution in [0.15, 0.2) is 42.5 Å². The van der Waals surface area contributed by atoms with Crippen molar-refractivity contribution in [3.8, 4) is 5.75 Å². The van der Waals surface area contributed by atoms with E-state index < -0.39 is 0 Å². The first kappa shape index (κ1) is 13.9. The van der Waals surface area contributed by atoms with Crippen LogP contribution in [-0.4, -0.2) is 13.0 Å². The molecule has 0 atom stereocenters. The molecule has 3 nitrogen and oxygen atoms in total. The van der Waals surface area contributed by atoms with Gasteiger partial charge in [0.15, 0.2) is 0 Å². The number of hydrogen-bond acceptors (Lipinski definition) is 2. The molecule has 0 saturated heterocycles. The Labute approximate surface area is 126 Å². The maximum Gasteiger partial charge on any atom is 0.259 e. The average Bonchev–Trinajstić information content (AvgIpc) is 2.41. The fourth-order valence-electron chi connectivity index (χ4n) is 1.75. The van der Waals surface area contributed by atoms with Crippen LogP contribution in [0.25, 0.3) is 0 Å². The largest absolute Gasteiger partial charge is 0.496 e. The number of carbonyl (C=O) groups excluding carboxylic acids is 1. The smallest absolute Gasteiger partial charge is 0.259 e. The van der Waals surface area contributed by atoms with E-state index in [0.717, 1.165) is 14.8 Å². The summed E-state index contributed by atoms with van der Waals surface area (Å²) < 4.78 is 6.23. The van der Waals surface area contributed by atoms with Crippen molar-refractivity contribution in [3.05, 3.63) is 57.2 Å². The third-order valence-electron chi connectivity index (χ3n) is 2.72. The molecule has 19 heavy (non-hydrogen) atoms. The summed E-state index contributed by atoms with van der Waals surface area (Å²) >= 11 is 2.19. The number of methoxy groups -OCH3 is 1. The van der Waals surface area contributed by atoms with Crippen molar-refractivity contribution in [2.24, 2.45) is 0 Å². The van der Waals surface area contributed by atoms with Crippen molar-refractivity contribution < 1.29 is 9.53 Å². The third-order valence-corrected chi connectivity index (χ3v) is 3.66. The highest BCUT2D eigenvalue weighted by Crippen LogP contribution is 2.23. The summed E-state index contributed by atoms with van der Waals surface area (Å²) in [7, 11) is 1.56. The molecule has 0 heterocycles. The third kappa shape index (κ3) is 3.26. The molecular formula is C15H14INO2. The van der Waals surface area contributed by atoms with Gasteiger partial charge in [-0.25, -0.2) is 0 Å². The second kappa shape index (κ2) is 6.06. The zero-order valence-corrected chi connectivity index (χ0v) is 12.9. The van der Waals surface area contributed by atoms with Gasteiger partial charge >= 0.3 is 0 Å². The molecule has 2 rings (SSSR count). The maximum atomic E-state index is 12.3. The Morgan fingerprint density at radius 3 is 2.63 bits per heavy atom. The van der Waals surface area contributed by atoms with E-state index in [1.807, 2.05) is 43.3 Å². The highest BCUT2D eigenvalue weighted by atomic mass is 127. The van der Waals surface area contributed by atoms with Gasteiger partial charge in [-0.05, 0) is 53.8 Å². The molecule has 0 fully saturated rings. The highest BCUT2D eigenvalue weighted by Gasteiger charge is 2.13. The number of anilines is 1. The first-order valence-electron chi connectivity index (χ1n) is 5.82. The second-order valence-electron chi connectivity index (χ2n) is 4.14. The number of ether oxygens (including phenoxy) is 1. The molecule has 0 spiro atoms. The number of hydrogen-bond donors (Lipinski definition) is 1. The molecular weight excluding hydrogens is 353 g/mol. The van der Waals surface area contributed by atoms with Gasteiger partial charge in [0.2, 0.25) is 0 Å². The standard InChI is InChI=1S/C15H14INO2/c1-10-7-8-14(19-2)11(9-10)15(18)17-13-6-4-3-5-12(13)16/h3-9H,1-2H3,(H,17,18). The van der Waals surface area contributed by atoms with E-state index >= 15 is 0 Å². The lowest BCUT2D eigenvalue weighted by Crippen LogP contribution is -2.14. The van der Waals surface area contributed by atoms with Crippen molar-refractivity contribution in [3.63, 3.8) is 0 Å². The summed E-state index contributed by atoms with van der Waals surface area (Å²) in [5.74, 6) is 0.415. The predicted molar refractivity (Wildman–Crippen MR) is 84.8 cm³/mol. The minimum absolute atomic E-state index is 0.162. The second-order valence-corrected chi connectivity index (χ2v) is 5.30. The minimum Gasteiger partial charge on any atom is -0.496 e. The number of amides is 1. The predicted octanol–water partition coefficient (Wildman–Crippen LogP) is 3.86. The summed E-state index contributed by atoms with van der Waals surface area (Å²) in [6, 6.07) is 13.2. The first-order valence-corrected chi connectivity index (χ1v) is 6.90. The molecule has 2 aromatic carbocycles. The van der Waals surface area contributed by atoms with Gasteiger partial charge < -0.3 is 10.1 Å². The van der Waals surface area contributed by atoms with E-state index in [-0.39, 0.29) is 5.91 Å². The maximum absolute atomic E-state index is 12.3. The Balaban J connectivity index is 2.30. The molecule has 2 aromatic rings. The molecule has 0 saturated carbocycles. The Hall–Kier alpha value is -1.56. The Morgan fingerprint density at radius 2 is 1.95 bits per heavy atom. The summed E-state index contributed by atoms with van der Waals surface area (Å²) in [6.45, 7) is 1.95. The summed E-state index contributed by atoms with van der Waals surface area (Å²) in [5.41, 5.74) is 2.37. The van der Waals surface area contributed by atoms with Gasteiger partial charge in [0, 0.05) is 3.57 Å². The van der Waals surface area contributed by atoms with Crippen LogP contribution in [0.4, 0.5) is 5.69 Å². The minimum atomic E-state index is -0.162. The van der Waals surface area contributed by atoms with Crippen LogP contribution < -0.4 is 10.1 Å². The van der Waals surface area contributed by atoms with E-state index in [1.165, 1.54) is 0 Å². The SMILES string of the molecule is COc1ccc(C)cc1C(=O)Nc1ccccc1I. The van der Waals surface area contributed by atoms with Gasteiger partial charge in [-0.1, -0.05) is 23.8 Å². The van der Waals surface area contributed by atoms with E-state index in [0.29, 0.717) is 11.3 Å². The van der Waals surface area contributed by atoms with E-state index in [9.17, 15) is 4.79 Å². The molecule has 0 radical (unpaired) electrons. The number of halogens is 1. The van der Waals surface area contributed by atoms with Gasteiger partial charge in [-0.3, -0.25) is 4.79 Å². The lowest BCUT2D eigenvalue weighted by molar-refractivity contribution is 0.102. The van der Waals surface area contributed by atoms with Gasteiger partial charge in [0.05, 0.1) is 18.4 Å². The summed E-state index contributed by atoms with van der Waals surface area (Å²) in [4.78, 5) is 12.3. The van der Waals surface area contributed by atoms with E-state index in [2.05, 4.69) is 27.9 Å². The zero-order chi connectivity index (χ0) is 13.8. The van der Waals surface area contributed by atoms with Gasteiger partial charge in [-0.2, -0.15) is 0 Å². The van der Waals surface area contributed by atoms with Crippen LogP contribution in [0.2, 0.25) is 0 Å². The van der Waals surface area contributed by atoms with Gasteiger partial charge in [-0.15, -0.1) is 0 Å². The molecule has 0 aliphatic heterocycles. The van der Waals surface area contributed by atoms with Crippen LogP contribution in [0.5, 0.6) is 5.75 Å². The summed E-state index contributed by atoms with van der Waals surface area (Å²) in [5, 5.41) is 2.90. The topological polar surface area (TPSA) is 38.3 Å². The number of aryl methyl sites for hydroxylation is 1. The molecule has 4 heteroatoms. The average molecular weight is 367 g/mol. The number of benzene rings is 2. The van der Waals surface area contributed by atoms with Crippen LogP contribution in [-0.2, 0) is 0 Å². The van der Waals surface area contributed by atoms with Crippen molar-refractivity contribution in [1.29, 1.82) is 0 Å². The van der Waals surface area contributed by atoms with Crippen molar-refractivity contribution >= 4 is 34.2 Å². The molecule has 0 aliphatic rings. The van der Waals surface area contributed by atoms with Crippen molar-refractivity contribution in [1.82, 2.24) is 0 Å². The van der Waals surface area contributed by atoms with Crippen LogP contribution in [0, 0.1) is 10.5 Å². The molecule has 1 amide bonds. The highest BCUT2D eigenvalue weighted by molar-refractivity contribution is 14.1. The van der Waals surface area contributed by atoms with E-state index in [4.69, 9.17) is 4.74 Å². The fourth-order valence-corrected chi connectivity index (χ4v) is 2.27. The number of nitrogens with one attached hydrogen (secondary N) is 1. The zero-order valence-electron chi connectivity index (χ0n) is 10.7. The number of para-hydroxylation sites is 1. The lowest BCUT2D eigenvalue weighted by Gasteiger charge is -2.11. The molecule has 0 aliphatic carbocycles. The first-order chi connectivity index (χ1) is 9.11. The van der Waals surface area contributed by atoms with Crippen molar-refractivity contribution in [2.75, 3.05) is 12.4 Å². The van der Waals surface area contributed by atoms with Crippen molar-refractivity contribution in [2.45, 2.75) is 6.92 Å². The Bertz CT molecular complexity index is 611. The summed E-state index contributed by atoms with van der Waals surface area (Å²) in [6.07, 6.45) is 0. The van der Waals surface area contributed by atoms with Crippen LogP contribution in [0.1, 0.15) is 15.9 Å². The lowest BCUT2D eigenvalue weighted by atomic mass is 10.1. The molecule has 0 unspecified atom stereocenters. The number of rotatable bonds is 3. The van der Waals surface area contributed by atoms with E-state index in [1.54, 1.807) is 13.2 Å². The number of carbonyl (C=O) groups is 1. The quantitative estimate of drug-likeness (QED) is 0.837. The molecule has 1 N–H and O–H groups in total. The van der Waals surface area contributed by atoms with Crippen LogP contribution >= 0.6 is 22.6 Å². The Kier molecular flexibility index (Phi) is 4.42. The monoisotopic (exact) mass is 367 g/mol. The molecule has 98 valence electrons. The van der Waals surface area contributed by atoms with Gasteiger partial charge in [0.1, 0.15) is 5.75 Å². The Morgan fingerprint density at radius 1 is 1.21 bits per heavy atom. The fraction of sp³-hybridized carbons (Fsp3) is 0.133. The normalized spacial score (nSPS) is 10.1. The van der Waals surface area contributed by atoms with Gasteiger partial charge in [0.25, 0.3) is 5.91 Å². The molecule has 0 aromatic heterocycles. The molecule has 0 bridgehead atoms.